The van der Waals surface area contributed by atoms with Crippen LogP contribution in [-0.2, 0) is 23.2 Å². The number of anilines is 1. The predicted molar refractivity (Wildman–Crippen MR) is 89.0 cm³/mol. The molecular weight excluding hydrogens is 312 g/mol. The summed E-state index contributed by atoms with van der Waals surface area (Å²) in [5, 5.41) is 6.56. The van der Waals surface area contributed by atoms with Crippen molar-refractivity contribution in [3.63, 3.8) is 0 Å². The highest BCUT2D eigenvalue weighted by molar-refractivity contribution is 8.01. The minimum absolute atomic E-state index is 0.0547. The van der Waals surface area contributed by atoms with E-state index in [2.05, 4.69) is 10.4 Å². The molecule has 1 aliphatic rings. The quantitative estimate of drug-likeness (QED) is 0.929. The molecule has 1 atom stereocenters. The molecule has 1 unspecified atom stereocenters. The third-order valence-electron chi connectivity index (χ3n) is 3.67. The van der Waals surface area contributed by atoms with Crippen LogP contribution < -0.4 is 5.32 Å². The molecule has 0 saturated carbocycles. The maximum Gasteiger partial charge on any atom is 0.238 e. The molecule has 2 amide bonds. The van der Waals surface area contributed by atoms with E-state index in [1.807, 2.05) is 37.5 Å². The van der Waals surface area contributed by atoms with Crippen LogP contribution in [-0.4, -0.2) is 38.8 Å². The van der Waals surface area contributed by atoms with Crippen molar-refractivity contribution < 1.29 is 9.59 Å². The minimum atomic E-state index is -0.395. The molecular formula is C16H18N4O2S. The summed E-state index contributed by atoms with van der Waals surface area (Å²) in [5.74, 6) is -0.169. The van der Waals surface area contributed by atoms with E-state index >= 15 is 0 Å². The molecule has 1 N–H and O–H groups in total. The van der Waals surface area contributed by atoms with E-state index in [-0.39, 0.29) is 18.2 Å². The number of nitrogens with one attached hydrogen (secondary N) is 1. The van der Waals surface area contributed by atoms with Crippen molar-refractivity contribution in [1.29, 1.82) is 0 Å². The van der Waals surface area contributed by atoms with Crippen molar-refractivity contribution in [2.75, 3.05) is 12.4 Å². The molecule has 2 heterocycles. The highest BCUT2D eigenvalue weighted by Gasteiger charge is 2.29. The SMILES string of the molecule is CN(Cc1cnn(C)c1)C(=O)CC1Sc2ccccc2NC1=O. The number of para-hydroxylation sites is 1. The molecule has 1 aliphatic heterocycles. The zero-order valence-electron chi connectivity index (χ0n) is 13.0. The Hall–Kier alpha value is -2.28. The molecule has 0 fully saturated rings. The highest BCUT2D eigenvalue weighted by atomic mass is 32.2. The number of hydrogen-bond donors (Lipinski definition) is 1. The zero-order chi connectivity index (χ0) is 16.4. The lowest BCUT2D eigenvalue weighted by atomic mass is 10.2. The molecule has 3 rings (SSSR count). The van der Waals surface area contributed by atoms with Gasteiger partial charge in [-0.25, -0.2) is 0 Å². The molecule has 2 aromatic rings. The van der Waals surface area contributed by atoms with E-state index in [1.165, 1.54) is 11.8 Å². The Morgan fingerprint density at radius 2 is 2.22 bits per heavy atom. The van der Waals surface area contributed by atoms with Gasteiger partial charge in [0, 0.05) is 43.7 Å². The van der Waals surface area contributed by atoms with Gasteiger partial charge >= 0.3 is 0 Å². The van der Waals surface area contributed by atoms with Crippen LogP contribution in [0.1, 0.15) is 12.0 Å². The van der Waals surface area contributed by atoms with Crippen LogP contribution in [0, 0.1) is 0 Å². The number of benzene rings is 1. The normalized spacial score (nSPS) is 16.6. The average Bonchev–Trinajstić information content (AvgIpc) is 2.93. The summed E-state index contributed by atoms with van der Waals surface area (Å²) in [6.07, 6.45) is 3.80. The fourth-order valence-corrected chi connectivity index (χ4v) is 3.56. The van der Waals surface area contributed by atoms with Crippen LogP contribution in [0.4, 0.5) is 5.69 Å². The number of thioether (sulfide) groups is 1. The first kappa shape index (κ1) is 15.6. The number of aromatic nitrogens is 2. The molecule has 0 spiro atoms. The summed E-state index contributed by atoms with van der Waals surface area (Å²) < 4.78 is 1.70. The third-order valence-corrected chi connectivity index (χ3v) is 4.95. The summed E-state index contributed by atoms with van der Waals surface area (Å²) in [7, 11) is 3.58. The Kier molecular flexibility index (Phi) is 4.38. The van der Waals surface area contributed by atoms with Crippen LogP contribution in [0.25, 0.3) is 0 Å². The van der Waals surface area contributed by atoms with Gasteiger partial charge in [0.2, 0.25) is 11.8 Å². The first-order valence-corrected chi connectivity index (χ1v) is 8.19. The predicted octanol–water partition coefficient (Wildman–Crippen LogP) is 1.88. The van der Waals surface area contributed by atoms with E-state index in [1.54, 1.807) is 22.8 Å². The first-order chi connectivity index (χ1) is 11.0. The number of nitrogens with zero attached hydrogens (tertiary/aromatic N) is 3. The number of fused-ring (bicyclic) bond motifs is 1. The number of aryl methyl sites for hydroxylation is 1. The third kappa shape index (κ3) is 3.56. The Morgan fingerprint density at radius 3 is 2.96 bits per heavy atom. The van der Waals surface area contributed by atoms with Crippen molar-refractivity contribution in [3.05, 3.63) is 42.2 Å². The lowest BCUT2D eigenvalue weighted by molar-refractivity contribution is -0.131. The second-order valence-corrected chi connectivity index (χ2v) is 6.81. The van der Waals surface area contributed by atoms with Gasteiger partial charge in [0.05, 0.1) is 17.1 Å². The summed E-state index contributed by atoms with van der Waals surface area (Å²) in [4.78, 5) is 27.2. The fraction of sp³-hybridized carbons (Fsp3) is 0.312. The van der Waals surface area contributed by atoms with Gasteiger partial charge in [-0.1, -0.05) is 12.1 Å². The van der Waals surface area contributed by atoms with E-state index in [0.717, 1.165) is 16.1 Å². The highest BCUT2D eigenvalue weighted by Crippen LogP contribution is 2.36. The zero-order valence-corrected chi connectivity index (χ0v) is 13.8. The van der Waals surface area contributed by atoms with E-state index in [0.29, 0.717) is 6.54 Å². The summed E-state index contributed by atoms with van der Waals surface area (Å²) in [6, 6.07) is 7.63. The standard InChI is InChI=1S/C16H18N4O2S/c1-19(9-11-8-17-20(2)10-11)15(21)7-14-16(22)18-12-5-3-4-6-13(12)23-14/h3-6,8,10,14H,7,9H2,1-2H3,(H,18,22). The minimum Gasteiger partial charge on any atom is -0.341 e. The van der Waals surface area contributed by atoms with Gasteiger partial charge in [0.25, 0.3) is 0 Å². The molecule has 0 saturated heterocycles. The largest absolute Gasteiger partial charge is 0.341 e. The Bertz CT molecular complexity index is 743. The average molecular weight is 330 g/mol. The number of amides is 2. The van der Waals surface area contributed by atoms with Crippen LogP contribution in [0.5, 0.6) is 0 Å². The topological polar surface area (TPSA) is 67.2 Å². The lowest BCUT2D eigenvalue weighted by Gasteiger charge is -2.25. The van der Waals surface area contributed by atoms with Gasteiger partial charge in [-0.15, -0.1) is 11.8 Å². The first-order valence-electron chi connectivity index (χ1n) is 7.31. The van der Waals surface area contributed by atoms with Crippen LogP contribution in [0.3, 0.4) is 0 Å². The van der Waals surface area contributed by atoms with Gasteiger partial charge in [-0.05, 0) is 12.1 Å². The number of hydrogen-bond acceptors (Lipinski definition) is 4. The molecule has 120 valence electrons. The Morgan fingerprint density at radius 1 is 1.43 bits per heavy atom. The molecule has 7 heteroatoms. The van der Waals surface area contributed by atoms with E-state index < -0.39 is 5.25 Å². The van der Waals surface area contributed by atoms with Crippen molar-refractivity contribution >= 4 is 29.3 Å². The van der Waals surface area contributed by atoms with Crippen molar-refractivity contribution in [2.24, 2.45) is 7.05 Å². The van der Waals surface area contributed by atoms with Crippen molar-refractivity contribution in [3.8, 4) is 0 Å². The number of carbonyl (C=O) groups excluding carboxylic acids is 2. The van der Waals surface area contributed by atoms with Crippen LogP contribution >= 0.6 is 11.8 Å². The molecule has 1 aromatic heterocycles. The Balaban J connectivity index is 1.62. The summed E-state index contributed by atoms with van der Waals surface area (Å²) in [6.45, 7) is 0.488. The van der Waals surface area contributed by atoms with Crippen LogP contribution in [0.2, 0.25) is 0 Å². The summed E-state index contributed by atoms with van der Waals surface area (Å²) >= 11 is 1.45. The lowest BCUT2D eigenvalue weighted by Crippen LogP contribution is -2.35. The van der Waals surface area contributed by atoms with Crippen LogP contribution in [0.15, 0.2) is 41.6 Å². The Labute approximate surface area is 138 Å². The van der Waals surface area contributed by atoms with Gasteiger partial charge in [0.15, 0.2) is 0 Å². The molecule has 6 nitrogen and oxygen atoms in total. The van der Waals surface area contributed by atoms with Gasteiger partial charge in [-0.3, -0.25) is 14.3 Å². The fourth-order valence-electron chi connectivity index (χ4n) is 2.46. The van der Waals surface area contributed by atoms with Crippen molar-refractivity contribution in [2.45, 2.75) is 23.1 Å². The number of carbonyl (C=O) groups is 2. The van der Waals surface area contributed by atoms with Crippen molar-refractivity contribution in [1.82, 2.24) is 14.7 Å². The second kappa shape index (κ2) is 6.45. The van der Waals surface area contributed by atoms with Gasteiger partial charge < -0.3 is 10.2 Å². The molecule has 0 bridgehead atoms. The summed E-state index contributed by atoms with van der Waals surface area (Å²) in [5.41, 5.74) is 1.78. The molecule has 0 radical (unpaired) electrons. The maximum absolute atomic E-state index is 12.4. The molecule has 23 heavy (non-hydrogen) atoms. The number of rotatable bonds is 4. The van der Waals surface area contributed by atoms with Gasteiger partial charge in [0.1, 0.15) is 0 Å². The van der Waals surface area contributed by atoms with Gasteiger partial charge in [-0.2, -0.15) is 5.10 Å². The monoisotopic (exact) mass is 330 g/mol. The second-order valence-electron chi connectivity index (χ2n) is 5.57. The maximum atomic E-state index is 12.4. The van der Waals surface area contributed by atoms with E-state index in [4.69, 9.17) is 0 Å². The van der Waals surface area contributed by atoms with E-state index in [9.17, 15) is 9.59 Å². The smallest absolute Gasteiger partial charge is 0.238 e. The molecule has 1 aromatic carbocycles. The molecule has 0 aliphatic carbocycles.